The van der Waals surface area contributed by atoms with E-state index >= 15 is 0 Å². The van der Waals surface area contributed by atoms with Crippen LogP contribution in [0.3, 0.4) is 0 Å². The number of amidine groups is 1. The summed E-state index contributed by atoms with van der Waals surface area (Å²) in [6.07, 6.45) is 7.38. The van der Waals surface area contributed by atoms with E-state index in [4.69, 9.17) is 28.2 Å². The molecule has 1 aromatic carbocycles. The molecule has 0 spiro atoms. The van der Waals surface area contributed by atoms with Crippen molar-refractivity contribution in [1.29, 1.82) is 10.8 Å². The lowest BCUT2D eigenvalue weighted by Crippen LogP contribution is -2.44. The average molecular weight is 592 g/mol. The lowest BCUT2D eigenvalue weighted by molar-refractivity contribution is -0.131. The molecule has 1 saturated heterocycles. The molecule has 12 nitrogen and oxygen atoms in total. The smallest absolute Gasteiger partial charge is 0.387 e. The summed E-state index contributed by atoms with van der Waals surface area (Å²) in [4.78, 5) is 34.0. The molecule has 0 saturated carbocycles. The summed E-state index contributed by atoms with van der Waals surface area (Å²) in [6.45, 7) is -2.03. The van der Waals surface area contributed by atoms with Gasteiger partial charge in [0.25, 0.3) is 5.91 Å². The van der Waals surface area contributed by atoms with Crippen LogP contribution in [-0.4, -0.2) is 85.8 Å². The second-order valence-corrected chi connectivity index (χ2v) is 9.79. The van der Waals surface area contributed by atoms with Gasteiger partial charge < -0.3 is 36.2 Å². The van der Waals surface area contributed by atoms with Gasteiger partial charge in [0.05, 0.1) is 18.0 Å². The summed E-state index contributed by atoms with van der Waals surface area (Å²) in [6, 6.07) is 3.77. The maximum absolute atomic E-state index is 13.3. The number of amides is 2. The predicted octanol–water partition coefficient (Wildman–Crippen LogP) is 1.74. The molecule has 0 aromatic heterocycles. The molecule has 1 aromatic rings. The van der Waals surface area contributed by atoms with E-state index in [1.165, 1.54) is 36.8 Å². The normalized spacial score (nSPS) is 17.9. The van der Waals surface area contributed by atoms with Crippen LogP contribution < -0.4 is 26.4 Å². The number of alkyl halides is 2. The van der Waals surface area contributed by atoms with E-state index in [2.05, 4.69) is 25.7 Å². The summed E-state index contributed by atoms with van der Waals surface area (Å²) in [7, 11) is 3.86. The van der Waals surface area contributed by atoms with Crippen molar-refractivity contribution in [2.24, 2.45) is 10.7 Å². The second kappa shape index (κ2) is 14.4. The maximum Gasteiger partial charge on any atom is 0.387 e. The highest BCUT2D eigenvalue weighted by Gasteiger charge is 2.29. The van der Waals surface area contributed by atoms with Crippen molar-refractivity contribution in [3.63, 3.8) is 0 Å². The standard InChI is InChI=1S/C26H32ClF2N9O3/c1-37(2)14-16-5-3-10-38(16)20(39)13-33-12-18(22(30)17-11-15(27)6-7-19(17)41-26(28)29)36-25(40)21(23(31)32)24-34-8-4-9-35-24/h4,6-9,11-12,16,26,30,33-34H,3,5,10,13-14H2,1-2H3,(H3,31,32)(H,36,40)/b18-12+,24-21-,30-22?. The first-order valence-electron chi connectivity index (χ1n) is 12.5. The predicted molar refractivity (Wildman–Crippen MR) is 152 cm³/mol. The number of likely N-dealkylation sites (tertiary alicyclic amines) is 1. The highest BCUT2D eigenvalue weighted by molar-refractivity contribution is 6.31. The monoisotopic (exact) mass is 591 g/mol. The van der Waals surface area contributed by atoms with Gasteiger partial charge in [0.15, 0.2) is 0 Å². The first kappa shape index (κ1) is 31.2. The summed E-state index contributed by atoms with van der Waals surface area (Å²) in [5.41, 5.74) is 4.47. The molecule has 1 fully saturated rings. The van der Waals surface area contributed by atoms with E-state index in [-0.39, 0.29) is 51.9 Å². The second-order valence-electron chi connectivity index (χ2n) is 9.35. The molecule has 7 N–H and O–H groups in total. The van der Waals surface area contributed by atoms with Crippen molar-refractivity contribution in [2.75, 3.05) is 33.7 Å². The van der Waals surface area contributed by atoms with Crippen molar-refractivity contribution >= 4 is 41.2 Å². The number of hydrogen-bond acceptors (Lipinski definition) is 9. The lowest BCUT2D eigenvalue weighted by atomic mass is 10.1. The van der Waals surface area contributed by atoms with Gasteiger partial charge in [-0.1, -0.05) is 11.6 Å². The Hall–Kier alpha value is -4.30. The molecule has 1 unspecified atom stereocenters. The summed E-state index contributed by atoms with van der Waals surface area (Å²) in [5.74, 6) is -2.09. The summed E-state index contributed by atoms with van der Waals surface area (Å²) in [5, 5.41) is 24.8. The minimum Gasteiger partial charge on any atom is -0.434 e. The third-order valence-corrected chi connectivity index (χ3v) is 6.29. The highest BCUT2D eigenvalue weighted by atomic mass is 35.5. The Kier molecular flexibility index (Phi) is 10.9. The van der Waals surface area contributed by atoms with Crippen LogP contribution in [0.2, 0.25) is 5.02 Å². The number of benzene rings is 1. The third kappa shape index (κ3) is 8.59. The molecule has 0 radical (unpaired) electrons. The molecule has 220 valence electrons. The van der Waals surface area contributed by atoms with Gasteiger partial charge in [0.2, 0.25) is 5.91 Å². The van der Waals surface area contributed by atoms with E-state index < -0.39 is 24.1 Å². The van der Waals surface area contributed by atoms with Crippen LogP contribution in [0.15, 0.2) is 58.8 Å². The van der Waals surface area contributed by atoms with Crippen LogP contribution in [0.5, 0.6) is 5.75 Å². The first-order chi connectivity index (χ1) is 19.5. The number of halogens is 3. The molecular weight excluding hydrogens is 560 g/mol. The summed E-state index contributed by atoms with van der Waals surface area (Å²) < 4.78 is 30.7. The molecule has 2 aliphatic rings. The fourth-order valence-electron chi connectivity index (χ4n) is 4.33. The number of allylic oxidation sites excluding steroid dienone is 2. The Morgan fingerprint density at radius 1 is 1.37 bits per heavy atom. The number of likely N-dealkylation sites (N-methyl/N-ethyl adjacent to an activating group) is 1. The Morgan fingerprint density at radius 3 is 2.76 bits per heavy atom. The average Bonchev–Trinajstić information content (AvgIpc) is 3.36. The fraction of sp³-hybridized carbons (Fsp3) is 0.346. The Bertz CT molecular complexity index is 1310. The van der Waals surface area contributed by atoms with Crippen molar-refractivity contribution in [2.45, 2.75) is 25.5 Å². The SMILES string of the molecule is CN(C)CC1CCCN1C(=O)CN/C=C(/NC(=O)/C(C(=N)N)=C1\N=CC=CN1)C(=N)c1cc(Cl)ccc1OC(F)F. The number of aliphatic imine (C=N–C) groups is 1. The van der Waals surface area contributed by atoms with E-state index in [0.29, 0.717) is 13.1 Å². The van der Waals surface area contributed by atoms with Crippen molar-refractivity contribution in [3.8, 4) is 5.75 Å². The van der Waals surface area contributed by atoms with Gasteiger partial charge in [-0.2, -0.15) is 8.78 Å². The Labute approximate surface area is 240 Å². The van der Waals surface area contributed by atoms with Crippen LogP contribution in [0.1, 0.15) is 18.4 Å². The van der Waals surface area contributed by atoms with Gasteiger partial charge >= 0.3 is 6.61 Å². The van der Waals surface area contributed by atoms with E-state index in [0.717, 1.165) is 12.8 Å². The van der Waals surface area contributed by atoms with Gasteiger partial charge in [-0.15, -0.1) is 0 Å². The van der Waals surface area contributed by atoms with Crippen LogP contribution in [0.25, 0.3) is 0 Å². The molecule has 15 heteroatoms. The van der Waals surface area contributed by atoms with Gasteiger partial charge in [-0.25, -0.2) is 4.99 Å². The number of nitrogens with zero attached hydrogens (tertiary/aromatic N) is 3. The van der Waals surface area contributed by atoms with Gasteiger partial charge in [0.1, 0.15) is 23.0 Å². The molecule has 2 aliphatic heterocycles. The number of ether oxygens (including phenoxy) is 1. The molecule has 41 heavy (non-hydrogen) atoms. The number of nitrogens with two attached hydrogens (primary N) is 1. The number of nitrogens with one attached hydrogen (secondary N) is 5. The van der Waals surface area contributed by atoms with E-state index in [1.807, 2.05) is 19.0 Å². The quantitative estimate of drug-likeness (QED) is 0.122. The zero-order chi connectivity index (χ0) is 30.1. The molecule has 2 heterocycles. The van der Waals surface area contributed by atoms with Gasteiger partial charge in [-0.3, -0.25) is 20.4 Å². The van der Waals surface area contributed by atoms with Crippen LogP contribution in [-0.2, 0) is 9.59 Å². The van der Waals surface area contributed by atoms with E-state index in [9.17, 15) is 18.4 Å². The Balaban J connectivity index is 1.91. The number of carbonyl (C=O) groups is 2. The highest BCUT2D eigenvalue weighted by Crippen LogP contribution is 2.27. The topological polar surface area (TPSA) is 172 Å². The zero-order valence-corrected chi connectivity index (χ0v) is 23.3. The maximum atomic E-state index is 13.3. The summed E-state index contributed by atoms with van der Waals surface area (Å²) >= 11 is 6.07. The fourth-order valence-corrected chi connectivity index (χ4v) is 4.51. The largest absolute Gasteiger partial charge is 0.434 e. The van der Waals surface area contributed by atoms with Crippen molar-refractivity contribution < 1.29 is 23.1 Å². The zero-order valence-electron chi connectivity index (χ0n) is 22.5. The number of carbonyl (C=O) groups excluding carboxylic acids is 2. The molecule has 0 bridgehead atoms. The van der Waals surface area contributed by atoms with E-state index in [1.54, 1.807) is 11.0 Å². The van der Waals surface area contributed by atoms with Crippen molar-refractivity contribution in [1.82, 2.24) is 25.8 Å². The lowest BCUT2D eigenvalue weighted by Gasteiger charge is -2.27. The molecule has 2 amide bonds. The third-order valence-electron chi connectivity index (χ3n) is 6.06. The van der Waals surface area contributed by atoms with Crippen molar-refractivity contribution in [3.05, 3.63) is 64.4 Å². The van der Waals surface area contributed by atoms with Crippen LogP contribution in [0, 0.1) is 10.8 Å². The first-order valence-corrected chi connectivity index (χ1v) is 12.9. The number of hydrogen-bond donors (Lipinski definition) is 6. The minimum atomic E-state index is -3.19. The van der Waals surface area contributed by atoms with Crippen LogP contribution >= 0.6 is 11.6 Å². The molecule has 0 aliphatic carbocycles. The van der Waals surface area contributed by atoms with Gasteiger partial charge in [-0.05, 0) is 51.2 Å². The Morgan fingerprint density at radius 2 is 2.12 bits per heavy atom. The molecule has 3 rings (SSSR count). The molecular formula is C26H32ClF2N9O3. The molecule has 1 atom stereocenters. The minimum absolute atomic E-state index is 0.0167. The van der Waals surface area contributed by atoms with Crippen LogP contribution in [0.4, 0.5) is 8.78 Å². The van der Waals surface area contributed by atoms with Gasteiger partial charge in [0, 0.05) is 48.3 Å². The number of rotatable bonds is 12.